The van der Waals surface area contributed by atoms with Gasteiger partial charge in [-0.05, 0) is 76.6 Å². The second kappa shape index (κ2) is 15.6. The van der Waals surface area contributed by atoms with Crippen molar-refractivity contribution in [1.29, 1.82) is 0 Å². The van der Waals surface area contributed by atoms with Crippen molar-refractivity contribution in [3.8, 4) is 0 Å². The van der Waals surface area contributed by atoms with E-state index in [-0.39, 0.29) is 39.7 Å². The molecule has 2 fully saturated rings. The summed E-state index contributed by atoms with van der Waals surface area (Å²) in [5, 5.41) is 9.04. The van der Waals surface area contributed by atoms with Gasteiger partial charge in [-0.3, -0.25) is 13.8 Å². The van der Waals surface area contributed by atoms with Crippen molar-refractivity contribution in [2.75, 3.05) is 14.2 Å². The average Bonchev–Trinajstić information content (AvgIpc) is 3.57. The molecule has 0 saturated heterocycles. The van der Waals surface area contributed by atoms with E-state index in [4.69, 9.17) is 20.0 Å². The van der Waals surface area contributed by atoms with Crippen molar-refractivity contribution in [2.45, 2.75) is 74.4 Å². The monoisotopic (exact) mass is 632 g/mol. The maximum Gasteiger partial charge on any atom is 0.308 e. The van der Waals surface area contributed by atoms with Crippen LogP contribution in [0.15, 0.2) is 58.3 Å². The second-order valence-corrected chi connectivity index (χ2v) is 14.1. The van der Waals surface area contributed by atoms with E-state index in [0.29, 0.717) is 25.7 Å². The number of hydrogen-bond acceptors (Lipinski definition) is 10. The third-order valence-electron chi connectivity index (χ3n) is 6.73. The summed E-state index contributed by atoms with van der Waals surface area (Å²) >= 11 is 0. The molecule has 4 unspecified atom stereocenters. The fraction of sp³-hybridized carbons (Fsp3) is 0.500. The van der Waals surface area contributed by atoms with Crippen molar-refractivity contribution in [2.24, 2.45) is 11.8 Å². The lowest BCUT2D eigenvalue weighted by Gasteiger charge is -2.12. The van der Waals surface area contributed by atoms with Crippen LogP contribution < -0.4 is 0 Å². The maximum atomic E-state index is 12.1. The first-order valence-electron chi connectivity index (χ1n) is 13.0. The molecule has 0 spiro atoms. The third-order valence-corrected chi connectivity index (χ3v) is 9.48. The fourth-order valence-corrected chi connectivity index (χ4v) is 6.27. The van der Waals surface area contributed by atoms with E-state index in [2.05, 4.69) is 9.47 Å². The molecule has 2 aliphatic rings. The van der Waals surface area contributed by atoms with E-state index in [0.717, 1.165) is 24.0 Å². The molecule has 1 N–H and O–H groups in total. The summed E-state index contributed by atoms with van der Waals surface area (Å²) in [6.45, 7) is 3.76. The molecule has 2 saturated carbocycles. The normalized spacial score (nSPS) is 22.0. The Labute approximate surface area is 246 Å². The number of aliphatic hydroxyl groups excluding tert-OH is 1. The first-order chi connectivity index (χ1) is 19.2. The molecule has 2 aromatic carbocycles. The highest BCUT2D eigenvalue weighted by atomic mass is 35.7. The van der Waals surface area contributed by atoms with Crippen LogP contribution in [-0.2, 0) is 42.4 Å². The third kappa shape index (κ3) is 11.4. The molecule has 2 aliphatic carbocycles. The lowest BCUT2D eigenvalue weighted by atomic mass is 10.1. The molecule has 41 heavy (non-hydrogen) atoms. The molecule has 10 nitrogen and oxygen atoms in total. The predicted octanol–water partition coefficient (Wildman–Crippen LogP) is 4.28. The van der Waals surface area contributed by atoms with Gasteiger partial charge in [0.25, 0.3) is 19.2 Å². The summed E-state index contributed by atoms with van der Waals surface area (Å²) in [5.74, 6) is -0.807. The highest BCUT2D eigenvalue weighted by Crippen LogP contribution is 2.31. The molecule has 228 valence electrons. The van der Waals surface area contributed by atoms with Crippen molar-refractivity contribution in [3.05, 3.63) is 59.7 Å². The largest absolute Gasteiger partial charge is 0.469 e. The van der Waals surface area contributed by atoms with Gasteiger partial charge in [-0.15, -0.1) is 0 Å². The van der Waals surface area contributed by atoms with E-state index in [1.807, 2.05) is 13.8 Å². The number of ether oxygens (including phenoxy) is 2. The maximum absolute atomic E-state index is 12.1. The van der Waals surface area contributed by atoms with Crippen molar-refractivity contribution >= 4 is 41.8 Å². The lowest BCUT2D eigenvalue weighted by Crippen LogP contribution is -2.18. The smallest absolute Gasteiger partial charge is 0.308 e. The molecular formula is C28H37ClO10S2. The van der Waals surface area contributed by atoms with E-state index >= 15 is 0 Å². The molecule has 4 rings (SSSR count). The Morgan fingerprint density at radius 1 is 0.732 bits per heavy atom. The van der Waals surface area contributed by atoms with Gasteiger partial charge in [0.2, 0.25) is 0 Å². The molecular weight excluding hydrogens is 596 g/mol. The van der Waals surface area contributed by atoms with Crippen LogP contribution in [0, 0.1) is 25.7 Å². The Morgan fingerprint density at radius 2 is 1.17 bits per heavy atom. The fourth-order valence-electron chi connectivity index (χ4n) is 4.39. The zero-order valence-electron chi connectivity index (χ0n) is 23.5. The SMILES string of the molecule is COC(=O)C1CCC(O)C1.COC(=O)C1CCC(OS(=O)(=O)c2ccc(C)cc2)C1.Cc1ccc(S(=O)(=O)Cl)cc1. The van der Waals surface area contributed by atoms with Crippen LogP contribution in [0.2, 0.25) is 0 Å². The summed E-state index contributed by atoms with van der Waals surface area (Å²) in [7, 11) is 0.482. The number of esters is 2. The number of rotatable bonds is 6. The topological polar surface area (TPSA) is 150 Å². The molecule has 0 radical (unpaired) electrons. The molecule has 0 bridgehead atoms. The van der Waals surface area contributed by atoms with E-state index in [1.165, 1.54) is 38.5 Å². The van der Waals surface area contributed by atoms with Gasteiger partial charge < -0.3 is 14.6 Å². The van der Waals surface area contributed by atoms with Crippen LogP contribution in [0.5, 0.6) is 0 Å². The molecule has 0 heterocycles. The molecule has 0 aromatic heterocycles. The number of methoxy groups -OCH3 is 2. The first-order valence-corrected chi connectivity index (χ1v) is 16.7. The molecule has 0 amide bonds. The van der Waals surface area contributed by atoms with E-state index in [1.54, 1.807) is 24.3 Å². The summed E-state index contributed by atoms with van der Waals surface area (Å²) in [4.78, 5) is 22.5. The van der Waals surface area contributed by atoms with Gasteiger partial charge in [0.15, 0.2) is 0 Å². The standard InChI is InChI=1S/C14H18O5S.C7H7ClO2S.C7H12O3/c1-10-3-7-13(8-4-10)20(16,17)19-12-6-5-11(9-12)14(15)18-2;1-6-2-4-7(5-3-6)11(8,9)10;1-10-7(9)5-2-3-6(8)4-5/h3-4,7-8,11-12H,5-6,9H2,1-2H3;2-5H,1H3;5-6,8H,2-4H2,1H3. The summed E-state index contributed by atoms with van der Waals surface area (Å²) in [6.07, 6.45) is 2.87. The Kier molecular flexibility index (Phi) is 13.2. The number of aryl methyl sites for hydroxylation is 2. The van der Waals surface area contributed by atoms with Gasteiger partial charge in [0.1, 0.15) is 0 Å². The van der Waals surface area contributed by atoms with E-state index in [9.17, 15) is 26.4 Å². The predicted molar refractivity (Wildman–Crippen MR) is 152 cm³/mol. The molecule has 13 heteroatoms. The molecule has 4 atom stereocenters. The van der Waals surface area contributed by atoms with Crippen LogP contribution >= 0.6 is 10.7 Å². The van der Waals surface area contributed by atoms with Gasteiger partial charge in [0, 0.05) is 10.7 Å². The Bertz CT molecular complexity index is 1360. The van der Waals surface area contributed by atoms with Crippen LogP contribution in [0.4, 0.5) is 0 Å². The van der Waals surface area contributed by atoms with Crippen molar-refractivity contribution in [3.63, 3.8) is 0 Å². The van der Waals surface area contributed by atoms with E-state index < -0.39 is 25.3 Å². The van der Waals surface area contributed by atoms with Crippen LogP contribution in [0.1, 0.15) is 49.7 Å². The second-order valence-electron chi connectivity index (χ2n) is 9.96. The molecule has 0 aliphatic heterocycles. The molecule has 2 aromatic rings. The summed E-state index contributed by atoms with van der Waals surface area (Å²) in [5.41, 5.74) is 1.99. The minimum atomic E-state index is -3.77. The number of hydrogen-bond donors (Lipinski definition) is 1. The highest BCUT2D eigenvalue weighted by Gasteiger charge is 2.34. The van der Waals surface area contributed by atoms with Crippen LogP contribution in [0.25, 0.3) is 0 Å². The Morgan fingerprint density at radius 3 is 1.59 bits per heavy atom. The Balaban J connectivity index is 0.000000236. The Hall–Kier alpha value is -2.51. The van der Waals surface area contributed by atoms with Gasteiger partial charge >= 0.3 is 11.9 Å². The lowest BCUT2D eigenvalue weighted by molar-refractivity contribution is -0.146. The average molecular weight is 633 g/mol. The van der Waals surface area contributed by atoms with Crippen LogP contribution in [-0.4, -0.2) is 60.3 Å². The number of benzene rings is 2. The van der Waals surface area contributed by atoms with Crippen molar-refractivity contribution in [1.82, 2.24) is 0 Å². The quantitative estimate of drug-likeness (QED) is 0.277. The number of halogens is 1. The minimum Gasteiger partial charge on any atom is -0.469 e. The summed E-state index contributed by atoms with van der Waals surface area (Å²) in [6, 6.07) is 12.9. The number of aliphatic hydroxyl groups is 1. The van der Waals surface area contributed by atoms with Crippen molar-refractivity contribution < 1.29 is 45.2 Å². The minimum absolute atomic E-state index is 0.0556. The van der Waals surface area contributed by atoms with Gasteiger partial charge in [-0.1, -0.05) is 35.4 Å². The van der Waals surface area contributed by atoms with Gasteiger partial charge in [0.05, 0.1) is 48.1 Å². The first kappa shape index (κ1) is 34.7. The van der Waals surface area contributed by atoms with Crippen LogP contribution in [0.3, 0.4) is 0 Å². The zero-order valence-corrected chi connectivity index (χ0v) is 25.9. The zero-order chi connectivity index (χ0) is 30.8. The highest BCUT2D eigenvalue weighted by molar-refractivity contribution is 8.13. The number of carbonyl (C=O) groups excluding carboxylic acids is 2. The number of carbonyl (C=O) groups is 2. The summed E-state index contributed by atoms with van der Waals surface area (Å²) < 4.78 is 60.0. The van der Waals surface area contributed by atoms with Gasteiger partial charge in [-0.2, -0.15) is 8.42 Å². The van der Waals surface area contributed by atoms with Gasteiger partial charge in [-0.25, -0.2) is 8.42 Å².